The van der Waals surface area contributed by atoms with Gasteiger partial charge in [-0.15, -0.1) is 0 Å². The van der Waals surface area contributed by atoms with E-state index in [1.165, 1.54) is 4.57 Å². The van der Waals surface area contributed by atoms with Gasteiger partial charge >= 0.3 is 5.69 Å². The topological polar surface area (TPSA) is 82.3 Å². The quantitative estimate of drug-likeness (QED) is 0.682. The van der Waals surface area contributed by atoms with E-state index < -0.39 is 5.69 Å². The zero-order chi connectivity index (χ0) is 20.1. The standard InChI is InChI=1S/C21H23N3O4/c1-3-13-28-18-12-8-6-10-16(18)22-19(25)14-24-17-11-7-5-9-15(17)20(26)23(4-2)21(24)27/h5-12H,3-4,13-14H2,1-2H3,(H,22,25). The zero-order valence-corrected chi connectivity index (χ0v) is 16.0. The number of fused-ring (bicyclic) bond motifs is 1. The number of hydrogen-bond donors (Lipinski definition) is 1. The lowest BCUT2D eigenvalue weighted by Crippen LogP contribution is -2.41. The smallest absolute Gasteiger partial charge is 0.331 e. The van der Waals surface area contributed by atoms with Crippen LogP contribution in [0.25, 0.3) is 10.9 Å². The Balaban J connectivity index is 1.95. The Morgan fingerprint density at radius 1 is 1.00 bits per heavy atom. The number of rotatable bonds is 7. The molecule has 146 valence electrons. The Morgan fingerprint density at radius 3 is 2.46 bits per heavy atom. The van der Waals surface area contributed by atoms with E-state index >= 15 is 0 Å². The summed E-state index contributed by atoms with van der Waals surface area (Å²) in [5.74, 6) is 0.203. The average Bonchev–Trinajstić information content (AvgIpc) is 2.71. The number of aromatic nitrogens is 2. The van der Waals surface area contributed by atoms with E-state index in [2.05, 4.69) is 5.32 Å². The van der Waals surface area contributed by atoms with Crippen LogP contribution in [0.5, 0.6) is 5.75 Å². The number of carbonyl (C=O) groups excluding carboxylic acids is 1. The number of benzene rings is 2. The Bertz CT molecular complexity index is 1110. The number of ether oxygens (including phenoxy) is 1. The van der Waals surface area contributed by atoms with Gasteiger partial charge in [0.25, 0.3) is 5.56 Å². The molecule has 1 N–H and O–H groups in total. The summed E-state index contributed by atoms with van der Waals surface area (Å²) in [5, 5.41) is 3.21. The summed E-state index contributed by atoms with van der Waals surface area (Å²) in [6.45, 7) is 4.29. The molecule has 1 aromatic heterocycles. The molecule has 0 radical (unpaired) electrons. The van der Waals surface area contributed by atoms with Crippen LogP contribution < -0.4 is 21.3 Å². The third-order valence-corrected chi connectivity index (χ3v) is 4.37. The number of anilines is 1. The Kier molecular flexibility index (Phi) is 5.93. The van der Waals surface area contributed by atoms with E-state index in [9.17, 15) is 14.4 Å². The summed E-state index contributed by atoms with van der Waals surface area (Å²) in [4.78, 5) is 37.9. The first-order valence-corrected chi connectivity index (χ1v) is 9.30. The largest absolute Gasteiger partial charge is 0.491 e. The first-order valence-electron chi connectivity index (χ1n) is 9.30. The van der Waals surface area contributed by atoms with Crippen LogP contribution in [-0.2, 0) is 17.9 Å². The monoisotopic (exact) mass is 381 g/mol. The van der Waals surface area contributed by atoms with Crippen LogP contribution in [0.1, 0.15) is 20.3 Å². The minimum atomic E-state index is -0.503. The van der Waals surface area contributed by atoms with Crippen LogP contribution >= 0.6 is 0 Å². The van der Waals surface area contributed by atoms with Gasteiger partial charge in [-0.25, -0.2) is 4.79 Å². The Hall–Kier alpha value is -3.35. The zero-order valence-electron chi connectivity index (χ0n) is 16.0. The summed E-state index contributed by atoms with van der Waals surface area (Å²) >= 11 is 0. The lowest BCUT2D eigenvalue weighted by molar-refractivity contribution is -0.116. The fourth-order valence-corrected chi connectivity index (χ4v) is 3.04. The molecule has 1 amide bonds. The van der Waals surface area contributed by atoms with Crippen molar-refractivity contribution in [3.8, 4) is 5.75 Å². The molecule has 0 aliphatic rings. The molecule has 0 spiro atoms. The van der Waals surface area contributed by atoms with Gasteiger partial charge in [-0.05, 0) is 37.6 Å². The summed E-state index contributed by atoms with van der Waals surface area (Å²) in [7, 11) is 0. The van der Waals surface area contributed by atoms with Gasteiger partial charge in [0, 0.05) is 6.54 Å². The molecule has 0 saturated heterocycles. The van der Waals surface area contributed by atoms with E-state index in [0.717, 1.165) is 11.0 Å². The van der Waals surface area contributed by atoms with Crippen molar-refractivity contribution in [2.24, 2.45) is 0 Å². The van der Waals surface area contributed by atoms with Gasteiger partial charge in [-0.3, -0.25) is 18.7 Å². The van der Waals surface area contributed by atoms with E-state index in [0.29, 0.717) is 28.9 Å². The first-order chi connectivity index (χ1) is 13.6. The number of carbonyl (C=O) groups is 1. The predicted octanol–water partition coefficient (Wildman–Crippen LogP) is 2.61. The van der Waals surface area contributed by atoms with Crippen LogP contribution in [0.3, 0.4) is 0 Å². The summed E-state index contributed by atoms with van der Waals surface area (Å²) in [5.41, 5.74) is 0.130. The van der Waals surface area contributed by atoms with Crippen molar-refractivity contribution >= 4 is 22.5 Å². The van der Waals surface area contributed by atoms with E-state index in [-0.39, 0.29) is 24.6 Å². The lowest BCUT2D eigenvalue weighted by Gasteiger charge is -2.15. The molecule has 0 bridgehead atoms. The van der Waals surface area contributed by atoms with Crippen molar-refractivity contribution in [2.45, 2.75) is 33.4 Å². The van der Waals surface area contributed by atoms with Crippen molar-refractivity contribution in [3.63, 3.8) is 0 Å². The van der Waals surface area contributed by atoms with E-state index in [4.69, 9.17) is 4.74 Å². The van der Waals surface area contributed by atoms with Crippen LogP contribution in [0.4, 0.5) is 5.69 Å². The minimum absolute atomic E-state index is 0.207. The van der Waals surface area contributed by atoms with Crippen LogP contribution in [-0.4, -0.2) is 21.6 Å². The summed E-state index contributed by atoms with van der Waals surface area (Å²) in [6.07, 6.45) is 0.849. The molecule has 3 rings (SSSR count). The Labute approximate surface area is 162 Å². The molecule has 1 heterocycles. The van der Waals surface area contributed by atoms with Crippen molar-refractivity contribution < 1.29 is 9.53 Å². The number of nitrogens with zero attached hydrogens (tertiary/aromatic N) is 2. The first kappa shape index (κ1) is 19.4. The van der Waals surface area contributed by atoms with E-state index in [1.54, 1.807) is 49.4 Å². The second-order valence-electron chi connectivity index (χ2n) is 6.33. The molecule has 7 nitrogen and oxygen atoms in total. The van der Waals surface area contributed by atoms with Gasteiger partial charge in [-0.1, -0.05) is 31.2 Å². The minimum Gasteiger partial charge on any atom is -0.491 e. The number of para-hydroxylation sites is 3. The van der Waals surface area contributed by atoms with Crippen LogP contribution in [0.2, 0.25) is 0 Å². The van der Waals surface area contributed by atoms with E-state index in [1.807, 2.05) is 13.0 Å². The summed E-state index contributed by atoms with van der Waals surface area (Å²) in [6, 6.07) is 14.0. The van der Waals surface area contributed by atoms with Gasteiger partial charge in [-0.2, -0.15) is 0 Å². The molecule has 0 saturated carbocycles. The highest BCUT2D eigenvalue weighted by Gasteiger charge is 2.15. The highest BCUT2D eigenvalue weighted by atomic mass is 16.5. The van der Waals surface area contributed by atoms with Gasteiger partial charge in [0.15, 0.2) is 0 Å². The molecule has 0 fully saturated rings. The maximum atomic E-state index is 12.8. The molecular formula is C21H23N3O4. The maximum Gasteiger partial charge on any atom is 0.331 e. The van der Waals surface area contributed by atoms with Gasteiger partial charge in [0.2, 0.25) is 5.91 Å². The van der Waals surface area contributed by atoms with Gasteiger partial charge < -0.3 is 10.1 Å². The molecular weight excluding hydrogens is 358 g/mol. The molecule has 7 heteroatoms. The molecule has 3 aromatic rings. The molecule has 0 aliphatic heterocycles. The summed E-state index contributed by atoms with van der Waals surface area (Å²) < 4.78 is 8.11. The third kappa shape index (κ3) is 3.83. The van der Waals surface area contributed by atoms with Crippen molar-refractivity contribution in [2.75, 3.05) is 11.9 Å². The average molecular weight is 381 g/mol. The predicted molar refractivity (Wildman–Crippen MR) is 109 cm³/mol. The van der Waals surface area contributed by atoms with Crippen molar-refractivity contribution in [1.29, 1.82) is 0 Å². The van der Waals surface area contributed by atoms with Gasteiger partial charge in [0.05, 0.1) is 23.2 Å². The highest BCUT2D eigenvalue weighted by Crippen LogP contribution is 2.24. The second-order valence-corrected chi connectivity index (χ2v) is 6.33. The highest BCUT2D eigenvalue weighted by molar-refractivity contribution is 5.93. The van der Waals surface area contributed by atoms with Crippen LogP contribution in [0.15, 0.2) is 58.1 Å². The fraction of sp³-hybridized carbons (Fsp3) is 0.286. The van der Waals surface area contributed by atoms with Crippen molar-refractivity contribution in [1.82, 2.24) is 9.13 Å². The number of amides is 1. The molecule has 2 aromatic carbocycles. The van der Waals surface area contributed by atoms with Gasteiger partial charge in [0.1, 0.15) is 12.3 Å². The lowest BCUT2D eigenvalue weighted by atomic mass is 10.2. The van der Waals surface area contributed by atoms with Crippen molar-refractivity contribution in [3.05, 3.63) is 69.4 Å². The third-order valence-electron chi connectivity index (χ3n) is 4.37. The molecule has 28 heavy (non-hydrogen) atoms. The second kappa shape index (κ2) is 8.56. The molecule has 0 aliphatic carbocycles. The maximum absolute atomic E-state index is 12.8. The molecule has 0 atom stereocenters. The molecule has 0 unspecified atom stereocenters. The fourth-order valence-electron chi connectivity index (χ4n) is 3.04. The number of hydrogen-bond acceptors (Lipinski definition) is 4. The van der Waals surface area contributed by atoms with Crippen LogP contribution in [0, 0.1) is 0 Å². The Morgan fingerprint density at radius 2 is 1.71 bits per heavy atom. The number of nitrogens with one attached hydrogen (secondary N) is 1. The normalized spacial score (nSPS) is 10.8. The SMILES string of the molecule is CCCOc1ccccc1NC(=O)Cn1c(=O)n(CC)c(=O)c2ccccc21.